The van der Waals surface area contributed by atoms with E-state index in [-0.39, 0.29) is 5.91 Å². The first kappa shape index (κ1) is 16.6. The second kappa shape index (κ2) is 7.11. The fraction of sp³-hybridized carbons (Fsp3) is 0.500. The molecule has 0 N–H and O–H groups in total. The lowest BCUT2D eigenvalue weighted by atomic mass is 9.91. The van der Waals surface area contributed by atoms with Crippen LogP contribution < -0.4 is 9.47 Å². The van der Waals surface area contributed by atoms with Crippen LogP contribution in [0.4, 0.5) is 0 Å². The van der Waals surface area contributed by atoms with E-state index in [1.54, 1.807) is 14.2 Å². The summed E-state index contributed by atoms with van der Waals surface area (Å²) >= 11 is 2.32. The summed E-state index contributed by atoms with van der Waals surface area (Å²) < 4.78 is 11.9. The first-order valence-electron chi connectivity index (χ1n) is 8.05. The third-order valence-electron chi connectivity index (χ3n) is 4.76. The zero-order valence-corrected chi connectivity index (χ0v) is 15.8. The van der Waals surface area contributed by atoms with Crippen LogP contribution in [-0.4, -0.2) is 37.6 Å². The molecule has 0 saturated heterocycles. The third kappa shape index (κ3) is 3.34. The van der Waals surface area contributed by atoms with Crippen LogP contribution in [0, 0.1) is 3.57 Å². The van der Waals surface area contributed by atoms with Gasteiger partial charge >= 0.3 is 0 Å². The summed E-state index contributed by atoms with van der Waals surface area (Å²) in [6, 6.07) is 4.36. The highest BCUT2D eigenvalue weighted by Crippen LogP contribution is 2.34. The molecule has 4 nitrogen and oxygen atoms in total. The summed E-state index contributed by atoms with van der Waals surface area (Å²) in [5.41, 5.74) is 2.53. The molecule has 0 spiro atoms. The summed E-state index contributed by atoms with van der Waals surface area (Å²) in [4.78, 5) is 14.3. The van der Waals surface area contributed by atoms with E-state index in [1.807, 2.05) is 23.1 Å². The number of benzene rings is 1. The number of methoxy groups -OCH3 is 2. The van der Waals surface area contributed by atoms with Gasteiger partial charge in [0.1, 0.15) is 0 Å². The van der Waals surface area contributed by atoms with Crippen LogP contribution in [0.1, 0.15) is 31.2 Å². The van der Waals surface area contributed by atoms with Crippen LogP contribution in [0.15, 0.2) is 23.8 Å². The lowest BCUT2D eigenvalue weighted by molar-refractivity contribution is -0.126. The van der Waals surface area contributed by atoms with E-state index < -0.39 is 0 Å². The number of halogens is 1. The lowest BCUT2D eigenvalue weighted by Crippen LogP contribution is -2.38. The van der Waals surface area contributed by atoms with Gasteiger partial charge in [-0.3, -0.25) is 4.79 Å². The predicted octanol–water partition coefficient (Wildman–Crippen LogP) is 3.56. The number of hydrogen-bond acceptors (Lipinski definition) is 3. The Morgan fingerprint density at radius 2 is 1.96 bits per heavy atom. The standard InChI is InChI=1S/C18H22INO3/c1-22-16-9-12(14(19)11-17(16)23-2)7-8-20-15-6-4-3-5-13(15)10-18(20)21/h9-11,15H,3-8H2,1-2H3. The molecule has 1 aromatic rings. The first-order chi connectivity index (χ1) is 11.1. The Kier molecular flexibility index (Phi) is 5.14. The quantitative estimate of drug-likeness (QED) is 0.675. The second-order valence-electron chi connectivity index (χ2n) is 6.06. The Bertz CT molecular complexity index is 641. The van der Waals surface area contributed by atoms with Gasteiger partial charge in [-0.25, -0.2) is 0 Å². The van der Waals surface area contributed by atoms with Gasteiger partial charge in [0.25, 0.3) is 0 Å². The second-order valence-corrected chi connectivity index (χ2v) is 7.22. The lowest BCUT2D eigenvalue weighted by Gasteiger charge is -2.30. The molecular formula is C18H22INO3. The van der Waals surface area contributed by atoms with E-state index in [0.717, 1.165) is 40.9 Å². The van der Waals surface area contributed by atoms with Crippen LogP contribution >= 0.6 is 22.6 Å². The molecule has 0 radical (unpaired) electrons. The van der Waals surface area contributed by atoms with Crippen molar-refractivity contribution in [1.82, 2.24) is 4.90 Å². The number of nitrogens with zero attached hydrogens (tertiary/aromatic N) is 1. The van der Waals surface area contributed by atoms with Crippen LogP contribution in [0.25, 0.3) is 0 Å². The molecule has 0 bridgehead atoms. The maximum Gasteiger partial charge on any atom is 0.247 e. The highest BCUT2D eigenvalue weighted by Gasteiger charge is 2.33. The molecule has 1 atom stereocenters. The summed E-state index contributed by atoms with van der Waals surface area (Å²) in [7, 11) is 3.30. The van der Waals surface area contributed by atoms with Crippen molar-refractivity contribution in [2.24, 2.45) is 0 Å². The first-order valence-corrected chi connectivity index (χ1v) is 9.13. The van der Waals surface area contributed by atoms with E-state index in [4.69, 9.17) is 9.47 Å². The van der Waals surface area contributed by atoms with Gasteiger partial charge in [0.2, 0.25) is 5.91 Å². The Balaban J connectivity index is 1.72. The summed E-state index contributed by atoms with van der Waals surface area (Å²) in [5, 5.41) is 0. The molecule has 2 aliphatic rings. The Hall–Kier alpha value is -1.24. The number of amides is 1. The molecule has 1 aliphatic heterocycles. The molecule has 23 heavy (non-hydrogen) atoms. The maximum atomic E-state index is 12.3. The van der Waals surface area contributed by atoms with Crippen LogP contribution in [0.3, 0.4) is 0 Å². The van der Waals surface area contributed by atoms with Gasteiger partial charge in [-0.15, -0.1) is 0 Å². The SMILES string of the molecule is COc1cc(I)c(CCN2C(=O)C=C3CCCCC32)cc1OC. The molecule has 1 unspecified atom stereocenters. The van der Waals surface area contributed by atoms with Gasteiger partial charge in [-0.1, -0.05) is 6.42 Å². The van der Waals surface area contributed by atoms with Crippen LogP contribution in [-0.2, 0) is 11.2 Å². The van der Waals surface area contributed by atoms with E-state index >= 15 is 0 Å². The largest absolute Gasteiger partial charge is 0.493 e. The maximum absolute atomic E-state index is 12.3. The molecule has 1 saturated carbocycles. The fourth-order valence-electron chi connectivity index (χ4n) is 3.53. The van der Waals surface area contributed by atoms with E-state index in [1.165, 1.54) is 24.0 Å². The van der Waals surface area contributed by atoms with Crippen molar-refractivity contribution in [3.63, 3.8) is 0 Å². The average molecular weight is 427 g/mol. The zero-order valence-electron chi connectivity index (χ0n) is 13.6. The van der Waals surface area contributed by atoms with Crippen molar-refractivity contribution in [2.75, 3.05) is 20.8 Å². The Morgan fingerprint density at radius 3 is 2.70 bits per heavy atom. The van der Waals surface area contributed by atoms with Crippen molar-refractivity contribution in [3.8, 4) is 11.5 Å². The highest BCUT2D eigenvalue weighted by molar-refractivity contribution is 14.1. The van der Waals surface area contributed by atoms with Crippen molar-refractivity contribution in [1.29, 1.82) is 0 Å². The number of rotatable bonds is 5. The molecule has 1 aromatic carbocycles. The van der Waals surface area contributed by atoms with E-state index in [0.29, 0.717) is 6.04 Å². The van der Waals surface area contributed by atoms with Gasteiger partial charge in [-0.05, 0) is 71.5 Å². The highest BCUT2D eigenvalue weighted by atomic mass is 127. The van der Waals surface area contributed by atoms with Gasteiger partial charge in [0, 0.05) is 16.2 Å². The monoisotopic (exact) mass is 427 g/mol. The van der Waals surface area contributed by atoms with Crippen LogP contribution in [0.2, 0.25) is 0 Å². The van der Waals surface area contributed by atoms with E-state index in [2.05, 4.69) is 22.6 Å². The van der Waals surface area contributed by atoms with E-state index in [9.17, 15) is 4.79 Å². The fourth-order valence-corrected chi connectivity index (χ4v) is 4.24. The van der Waals surface area contributed by atoms with Crippen molar-refractivity contribution in [2.45, 2.75) is 38.1 Å². The number of carbonyl (C=O) groups excluding carboxylic acids is 1. The number of fused-ring (bicyclic) bond motifs is 1. The smallest absolute Gasteiger partial charge is 0.247 e. The molecule has 0 aromatic heterocycles. The number of hydrogen-bond donors (Lipinski definition) is 0. The predicted molar refractivity (Wildman–Crippen MR) is 98.0 cm³/mol. The molecule has 124 valence electrons. The van der Waals surface area contributed by atoms with Crippen molar-refractivity contribution >= 4 is 28.5 Å². The summed E-state index contributed by atoms with van der Waals surface area (Å²) in [6.07, 6.45) is 7.34. The number of carbonyl (C=O) groups is 1. The topological polar surface area (TPSA) is 38.8 Å². The number of ether oxygens (including phenoxy) is 2. The minimum absolute atomic E-state index is 0.183. The minimum atomic E-state index is 0.183. The zero-order chi connectivity index (χ0) is 16.4. The molecule has 1 aliphatic carbocycles. The summed E-state index contributed by atoms with van der Waals surface area (Å²) in [5.74, 6) is 1.67. The van der Waals surface area contributed by atoms with Gasteiger partial charge in [-0.2, -0.15) is 0 Å². The summed E-state index contributed by atoms with van der Waals surface area (Å²) in [6.45, 7) is 0.759. The molecule has 5 heteroatoms. The molecular weight excluding hydrogens is 405 g/mol. The van der Waals surface area contributed by atoms with Crippen molar-refractivity contribution < 1.29 is 14.3 Å². The molecule has 1 amide bonds. The Morgan fingerprint density at radius 1 is 1.22 bits per heavy atom. The van der Waals surface area contributed by atoms with Gasteiger partial charge in [0.15, 0.2) is 11.5 Å². The van der Waals surface area contributed by atoms with Gasteiger partial charge in [0.05, 0.1) is 20.3 Å². The molecule has 1 heterocycles. The minimum Gasteiger partial charge on any atom is -0.493 e. The molecule has 3 rings (SSSR count). The third-order valence-corrected chi connectivity index (χ3v) is 5.77. The van der Waals surface area contributed by atoms with Gasteiger partial charge < -0.3 is 14.4 Å². The van der Waals surface area contributed by atoms with Crippen molar-refractivity contribution in [3.05, 3.63) is 32.9 Å². The molecule has 1 fully saturated rings. The van der Waals surface area contributed by atoms with Crippen LogP contribution in [0.5, 0.6) is 11.5 Å². The Labute approximate surface area is 151 Å². The average Bonchev–Trinajstić information content (AvgIpc) is 2.88. The normalized spacial score (nSPS) is 20.3.